The second kappa shape index (κ2) is 11.1. The number of Topliss-reactive ketones (excluding diaryl/α,β-unsaturated/α-hetero) is 1. The van der Waals surface area contributed by atoms with Crippen LogP contribution < -0.4 is 10.1 Å². The molecule has 0 spiro atoms. The molecule has 0 aliphatic carbocycles. The van der Waals surface area contributed by atoms with Crippen molar-refractivity contribution in [2.75, 3.05) is 12.4 Å². The van der Waals surface area contributed by atoms with E-state index in [-0.39, 0.29) is 23.8 Å². The fraction of sp³-hybridized carbons (Fsp3) is 0.172. The summed E-state index contributed by atoms with van der Waals surface area (Å²) < 4.78 is 5.29. The molecule has 6 heteroatoms. The summed E-state index contributed by atoms with van der Waals surface area (Å²) in [5.74, 6) is -0.0576. The van der Waals surface area contributed by atoms with Crippen LogP contribution in [0.4, 0.5) is 5.69 Å². The van der Waals surface area contributed by atoms with Crippen LogP contribution in [0.2, 0.25) is 5.02 Å². The lowest BCUT2D eigenvalue weighted by atomic mass is 9.97. The summed E-state index contributed by atoms with van der Waals surface area (Å²) in [6.45, 7) is 0. The maximum absolute atomic E-state index is 13.0. The number of halogens is 1. The van der Waals surface area contributed by atoms with Crippen molar-refractivity contribution in [1.82, 2.24) is 0 Å². The lowest BCUT2D eigenvalue weighted by molar-refractivity contribution is -0.119. The second-order valence-corrected chi connectivity index (χ2v) is 8.80. The van der Waals surface area contributed by atoms with E-state index in [4.69, 9.17) is 21.4 Å². The van der Waals surface area contributed by atoms with Gasteiger partial charge in [0.15, 0.2) is 0 Å². The SMILES string of the molecule is COc1ccc2cc(CCC(=O)CC(Nc3ccc(C(=O)O)cc3)c3ccccc3Cl)ccc2c1. The number of nitrogens with one attached hydrogen (secondary N) is 1. The molecule has 0 aliphatic heterocycles. The summed E-state index contributed by atoms with van der Waals surface area (Å²) in [4.78, 5) is 24.2. The normalized spacial score (nSPS) is 11.7. The van der Waals surface area contributed by atoms with E-state index < -0.39 is 5.97 Å². The summed E-state index contributed by atoms with van der Waals surface area (Å²) in [5.41, 5.74) is 2.85. The van der Waals surface area contributed by atoms with Crippen LogP contribution in [0.15, 0.2) is 84.9 Å². The van der Waals surface area contributed by atoms with Crippen LogP contribution in [-0.4, -0.2) is 24.0 Å². The lowest BCUT2D eigenvalue weighted by Gasteiger charge is -2.21. The molecule has 5 nitrogen and oxygen atoms in total. The summed E-state index contributed by atoms with van der Waals surface area (Å²) in [5, 5.41) is 15.3. The number of ether oxygens (including phenoxy) is 1. The van der Waals surface area contributed by atoms with E-state index in [9.17, 15) is 9.59 Å². The van der Waals surface area contributed by atoms with Crippen LogP contribution in [0.3, 0.4) is 0 Å². The van der Waals surface area contributed by atoms with E-state index in [0.717, 1.165) is 33.3 Å². The van der Waals surface area contributed by atoms with Crippen LogP contribution in [0, 0.1) is 0 Å². The number of anilines is 1. The Morgan fingerprint density at radius 2 is 1.66 bits per heavy atom. The van der Waals surface area contributed by atoms with Crippen LogP contribution in [0.25, 0.3) is 10.8 Å². The van der Waals surface area contributed by atoms with Gasteiger partial charge in [0.1, 0.15) is 11.5 Å². The average Bonchev–Trinajstić information content (AvgIpc) is 2.87. The zero-order valence-electron chi connectivity index (χ0n) is 19.3. The molecule has 4 aromatic carbocycles. The summed E-state index contributed by atoms with van der Waals surface area (Å²) in [6, 6.07) is 25.7. The van der Waals surface area contributed by atoms with E-state index in [1.165, 1.54) is 12.1 Å². The fourth-order valence-electron chi connectivity index (χ4n) is 4.08. The Morgan fingerprint density at radius 3 is 2.37 bits per heavy atom. The number of methoxy groups -OCH3 is 1. The van der Waals surface area contributed by atoms with E-state index in [1.54, 1.807) is 25.3 Å². The number of hydrogen-bond acceptors (Lipinski definition) is 4. The topological polar surface area (TPSA) is 75.6 Å². The molecule has 0 aliphatic rings. The molecular weight excluding hydrogens is 462 g/mol. The number of fused-ring (bicyclic) bond motifs is 1. The molecule has 0 bridgehead atoms. The highest BCUT2D eigenvalue weighted by Gasteiger charge is 2.19. The molecule has 0 fully saturated rings. The third-order valence-electron chi connectivity index (χ3n) is 5.99. The Balaban J connectivity index is 1.46. The van der Waals surface area contributed by atoms with E-state index >= 15 is 0 Å². The highest BCUT2D eigenvalue weighted by Crippen LogP contribution is 2.30. The van der Waals surface area contributed by atoms with Gasteiger partial charge in [-0.3, -0.25) is 4.79 Å². The number of carbonyl (C=O) groups excluding carboxylic acids is 1. The first-order chi connectivity index (χ1) is 16.9. The largest absolute Gasteiger partial charge is 0.497 e. The van der Waals surface area contributed by atoms with Crippen LogP contribution >= 0.6 is 11.6 Å². The molecule has 0 radical (unpaired) electrons. The number of hydrogen-bond donors (Lipinski definition) is 2. The third-order valence-corrected chi connectivity index (χ3v) is 6.33. The van der Waals surface area contributed by atoms with Crippen molar-refractivity contribution in [2.24, 2.45) is 0 Å². The van der Waals surface area contributed by atoms with Gasteiger partial charge in [0.2, 0.25) is 0 Å². The van der Waals surface area contributed by atoms with Gasteiger partial charge < -0.3 is 15.2 Å². The summed E-state index contributed by atoms with van der Waals surface area (Å²) in [7, 11) is 1.65. The molecule has 2 N–H and O–H groups in total. The number of benzene rings is 4. The molecule has 35 heavy (non-hydrogen) atoms. The van der Waals surface area contributed by atoms with Crippen molar-refractivity contribution in [3.8, 4) is 5.75 Å². The van der Waals surface area contributed by atoms with E-state index in [2.05, 4.69) is 11.4 Å². The van der Waals surface area contributed by atoms with Crippen molar-refractivity contribution in [1.29, 1.82) is 0 Å². The average molecular weight is 488 g/mol. The van der Waals surface area contributed by atoms with Gasteiger partial charge >= 0.3 is 5.97 Å². The molecule has 0 aromatic heterocycles. The number of aryl methyl sites for hydroxylation is 1. The first kappa shape index (κ1) is 24.3. The molecule has 178 valence electrons. The first-order valence-electron chi connectivity index (χ1n) is 11.4. The van der Waals surface area contributed by atoms with Gasteiger partial charge in [0.25, 0.3) is 0 Å². The number of ketones is 1. The minimum Gasteiger partial charge on any atom is -0.497 e. The zero-order chi connectivity index (χ0) is 24.8. The van der Waals surface area contributed by atoms with Gasteiger partial charge in [0, 0.05) is 23.6 Å². The minimum atomic E-state index is -0.984. The van der Waals surface area contributed by atoms with E-state index in [0.29, 0.717) is 17.9 Å². The van der Waals surface area contributed by atoms with Crippen molar-refractivity contribution in [2.45, 2.75) is 25.3 Å². The van der Waals surface area contributed by atoms with E-state index in [1.807, 2.05) is 48.5 Å². The maximum Gasteiger partial charge on any atom is 0.335 e. The van der Waals surface area contributed by atoms with Gasteiger partial charge in [0.05, 0.1) is 18.7 Å². The highest BCUT2D eigenvalue weighted by molar-refractivity contribution is 6.31. The predicted molar refractivity (Wildman–Crippen MR) is 140 cm³/mol. The van der Waals surface area contributed by atoms with Gasteiger partial charge in [-0.05, 0) is 70.8 Å². The molecule has 1 unspecified atom stereocenters. The maximum atomic E-state index is 13.0. The van der Waals surface area contributed by atoms with Gasteiger partial charge in [-0.25, -0.2) is 4.79 Å². The number of carbonyl (C=O) groups is 2. The van der Waals surface area contributed by atoms with Crippen LogP contribution in [0.5, 0.6) is 5.75 Å². The standard InChI is InChI=1S/C29H26ClNO4/c1-35-25-15-11-21-16-19(6-8-22(21)17-25)7-14-24(32)18-28(26-4-2-3-5-27(26)30)31-23-12-9-20(10-13-23)29(33)34/h2-6,8-13,15-17,28,31H,7,14,18H2,1H3,(H,33,34). The van der Waals surface area contributed by atoms with Crippen molar-refractivity contribution < 1.29 is 19.4 Å². The zero-order valence-corrected chi connectivity index (χ0v) is 20.1. The molecule has 0 heterocycles. The first-order valence-corrected chi connectivity index (χ1v) is 11.7. The van der Waals surface area contributed by atoms with Crippen molar-refractivity contribution in [3.05, 3.63) is 107 Å². The summed E-state index contributed by atoms with van der Waals surface area (Å²) in [6.07, 6.45) is 1.31. The Bertz CT molecular complexity index is 1350. The monoisotopic (exact) mass is 487 g/mol. The van der Waals surface area contributed by atoms with Crippen molar-refractivity contribution in [3.63, 3.8) is 0 Å². The predicted octanol–water partition coefficient (Wildman–Crippen LogP) is 6.95. The summed E-state index contributed by atoms with van der Waals surface area (Å²) >= 11 is 6.45. The molecule has 0 saturated heterocycles. The van der Waals surface area contributed by atoms with Crippen LogP contribution in [-0.2, 0) is 11.2 Å². The quantitative estimate of drug-likeness (QED) is 0.253. The molecule has 1 atom stereocenters. The Hall–Kier alpha value is -3.83. The van der Waals surface area contributed by atoms with Gasteiger partial charge in [-0.2, -0.15) is 0 Å². The fourth-order valence-corrected chi connectivity index (χ4v) is 4.34. The smallest absolute Gasteiger partial charge is 0.335 e. The minimum absolute atomic E-state index is 0.111. The number of aromatic carboxylic acids is 1. The molecular formula is C29H26ClNO4. The number of carboxylic acid groups (broad SMARTS) is 1. The highest BCUT2D eigenvalue weighted by atomic mass is 35.5. The second-order valence-electron chi connectivity index (χ2n) is 8.39. The molecule has 4 aromatic rings. The van der Waals surface area contributed by atoms with Crippen molar-refractivity contribution >= 4 is 39.8 Å². The Labute approximate surface area is 209 Å². The lowest BCUT2D eigenvalue weighted by Crippen LogP contribution is -2.16. The Morgan fingerprint density at radius 1 is 0.943 bits per heavy atom. The number of carboxylic acids is 1. The molecule has 4 rings (SSSR count). The van der Waals surface area contributed by atoms with Crippen LogP contribution in [0.1, 0.15) is 40.4 Å². The molecule has 0 amide bonds. The molecule has 0 saturated carbocycles. The van der Waals surface area contributed by atoms with Gasteiger partial charge in [-0.15, -0.1) is 0 Å². The number of rotatable bonds is 10. The third kappa shape index (κ3) is 6.19. The van der Waals surface area contributed by atoms with Gasteiger partial charge in [-0.1, -0.05) is 54.1 Å². The Kier molecular flexibility index (Phi) is 7.68.